The number of nitrogens with zero attached hydrogens (tertiary/aromatic N) is 2. The quantitative estimate of drug-likeness (QED) is 0.818. The van der Waals surface area contributed by atoms with Crippen LogP contribution >= 0.6 is 11.6 Å². The van der Waals surface area contributed by atoms with Gasteiger partial charge in [0, 0.05) is 43.3 Å². The standard InChI is InChI=1S/C16H24ClN3O/c1-19-9-11-20(12-10-19)8-3-2-7-18-16(21)14-5-4-6-15(17)13-14/h4-6,13H,2-3,7-12H2,1H3,(H,18,21). The van der Waals surface area contributed by atoms with Gasteiger partial charge < -0.3 is 15.1 Å². The van der Waals surface area contributed by atoms with Gasteiger partial charge in [0.05, 0.1) is 0 Å². The first kappa shape index (κ1) is 16.3. The fraction of sp³-hybridized carbons (Fsp3) is 0.562. The maximum atomic E-state index is 11.9. The molecule has 1 fully saturated rings. The zero-order valence-corrected chi connectivity index (χ0v) is 13.4. The van der Waals surface area contributed by atoms with E-state index < -0.39 is 0 Å². The third-order valence-electron chi connectivity index (χ3n) is 3.87. The lowest BCUT2D eigenvalue weighted by Gasteiger charge is -2.32. The van der Waals surface area contributed by atoms with Crippen LogP contribution in [-0.2, 0) is 0 Å². The molecular weight excluding hydrogens is 286 g/mol. The molecule has 1 amide bonds. The first-order valence-electron chi connectivity index (χ1n) is 7.60. The van der Waals surface area contributed by atoms with E-state index in [1.165, 1.54) is 0 Å². The molecule has 1 N–H and O–H groups in total. The molecule has 1 saturated heterocycles. The topological polar surface area (TPSA) is 35.6 Å². The summed E-state index contributed by atoms with van der Waals surface area (Å²) in [6, 6.07) is 7.05. The Morgan fingerprint density at radius 2 is 2.00 bits per heavy atom. The molecule has 0 spiro atoms. The summed E-state index contributed by atoms with van der Waals surface area (Å²) in [6.07, 6.45) is 2.14. The van der Waals surface area contributed by atoms with Crippen molar-refractivity contribution in [3.63, 3.8) is 0 Å². The smallest absolute Gasteiger partial charge is 0.251 e. The van der Waals surface area contributed by atoms with Crippen LogP contribution in [-0.4, -0.2) is 62.0 Å². The predicted octanol–water partition coefficient (Wildman–Crippen LogP) is 2.10. The Hall–Kier alpha value is -1.10. The fourth-order valence-corrected chi connectivity index (χ4v) is 2.66. The Morgan fingerprint density at radius 3 is 2.71 bits per heavy atom. The van der Waals surface area contributed by atoms with Crippen LogP contribution < -0.4 is 5.32 Å². The fourth-order valence-electron chi connectivity index (χ4n) is 2.47. The monoisotopic (exact) mass is 309 g/mol. The number of amides is 1. The minimum absolute atomic E-state index is 0.0444. The van der Waals surface area contributed by atoms with Crippen LogP contribution in [0.15, 0.2) is 24.3 Å². The molecule has 1 aliphatic heterocycles. The number of benzene rings is 1. The van der Waals surface area contributed by atoms with Crippen molar-refractivity contribution >= 4 is 17.5 Å². The predicted molar refractivity (Wildman–Crippen MR) is 87.0 cm³/mol. The Labute approximate surface area is 132 Å². The van der Waals surface area contributed by atoms with Gasteiger partial charge in [0.15, 0.2) is 0 Å². The van der Waals surface area contributed by atoms with Crippen LogP contribution in [0.3, 0.4) is 0 Å². The summed E-state index contributed by atoms with van der Waals surface area (Å²) in [5.74, 6) is -0.0444. The van der Waals surface area contributed by atoms with E-state index in [-0.39, 0.29) is 5.91 Å². The maximum absolute atomic E-state index is 11.9. The van der Waals surface area contributed by atoms with Crippen LogP contribution in [0.1, 0.15) is 23.2 Å². The molecule has 1 heterocycles. The molecule has 5 heteroatoms. The van der Waals surface area contributed by atoms with E-state index in [0.29, 0.717) is 10.6 Å². The summed E-state index contributed by atoms with van der Waals surface area (Å²) in [6.45, 7) is 6.48. The lowest BCUT2D eigenvalue weighted by molar-refractivity contribution is 0.0952. The molecule has 0 aromatic heterocycles. The Morgan fingerprint density at radius 1 is 1.24 bits per heavy atom. The molecule has 0 saturated carbocycles. The van der Waals surface area contributed by atoms with Gasteiger partial charge in [-0.25, -0.2) is 0 Å². The van der Waals surface area contributed by atoms with Gasteiger partial charge in [-0.05, 0) is 44.6 Å². The summed E-state index contributed by atoms with van der Waals surface area (Å²) < 4.78 is 0. The molecule has 1 aromatic rings. The van der Waals surface area contributed by atoms with Gasteiger partial charge in [-0.3, -0.25) is 4.79 Å². The molecule has 0 unspecified atom stereocenters. The number of hydrogen-bond acceptors (Lipinski definition) is 3. The van der Waals surface area contributed by atoms with Gasteiger partial charge in [0.2, 0.25) is 0 Å². The summed E-state index contributed by atoms with van der Waals surface area (Å²) in [5, 5.41) is 3.54. The second-order valence-electron chi connectivity index (χ2n) is 5.62. The van der Waals surface area contributed by atoms with Crippen molar-refractivity contribution in [1.29, 1.82) is 0 Å². The number of halogens is 1. The van der Waals surface area contributed by atoms with Crippen molar-refractivity contribution in [2.24, 2.45) is 0 Å². The number of carbonyl (C=O) groups excluding carboxylic acids is 1. The molecule has 0 atom stereocenters. The van der Waals surface area contributed by atoms with E-state index in [9.17, 15) is 4.79 Å². The highest BCUT2D eigenvalue weighted by Crippen LogP contribution is 2.10. The van der Waals surface area contributed by atoms with Crippen molar-refractivity contribution in [3.8, 4) is 0 Å². The van der Waals surface area contributed by atoms with E-state index in [0.717, 1.165) is 52.1 Å². The van der Waals surface area contributed by atoms with Crippen molar-refractivity contribution in [1.82, 2.24) is 15.1 Å². The zero-order chi connectivity index (χ0) is 15.1. The highest BCUT2D eigenvalue weighted by atomic mass is 35.5. The first-order chi connectivity index (χ1) is 10.1. The van der Waals surface area contributed by atoms with Crippen LogP contribution in [0.5, 0.6) is 0 Å². The molecule has 0 bridgehead atoms. The average molecular weight is 310 g/mol. The third kappa shape index (κ3) is 5.65. The van der Waals surface area contributed by atoms with Crippen LogP contribution in [0.2, 0.25) is 5.02 Å². The Balaban J connectivity index is 1.58. The first-order valence-corrected chi connectivity index (χ1v) is 7.97. The minimum atomic E-state index is -0.0444. The van der Waals surface area contributed by atoms with E-state index >= 15 is 0 Å². The van der Waals surface area contributed by atoms with Crippen LogP contribution in [0.4, 0.5) is 0 Å². The molecule has 0 aliphatic carbocycles. The molecule has 21 heavy (non-hydrogen) atoms. The minimum Gasteiger partial charge on any atom is -0.352 e. The second kappa shape index (κ2) is 8.37. The second-order valence-corrected chi connectivity index (χ2v) is 6.05. The number of rotatable bonds is 6. The third-order valence-corrected chi connectivity index (χ3v) is 4.10. The van der Waals surface area contributed by atoms with Crippen LogP contribution in [0.25, 0.3) is 0 Å². The van der Waals surface area contributed by atoms with Crippen molar-refractivity contribution in [2.45, 2.75) is 12.8 Å². The summed E-state index contributed by atoms with van der Waals surface area (Å²) in [5.41, 5.74) is 0.626. The molecule has 1 aliphatic rings. The van der Waals surface area contributed by atoms with Gasteiger partial charge in [0.25, 0.3) is 5.91 Å². The van der Waals surface area contributed by atoms with Gasteiger partial charge in [-0.15, -0.1) is 0 Å². The lowest BCUT2D eigenvalue weighted by Crippen LogP contribution is -2.44. The van der Waals surface area contributed by atoms with E-state index in [4.69, 9.17) is 11.6 Å². The number of unbranched alkanes of at least 4 members (excludes halogenated alkanes) is 1. The van der Waals surface area contributed by atoms with Gasteiger partial charge in [-0.1, -0.05) is 17.7 Å². The van der Waals surface area contributed by atoms with Crippen molar-refractivity contribution in [2.75, 3.05) is 46.3 Å². The van der Waals surface area contributed by atoms with E-state index in [2.05, 4.69) is 22.2 Å². The Bertz CT molecular complexity index is 459. The average Bonchev–Trinajstić information content (AvgIpc) is 2.48. The number of hydrogen-bond donors (Lipinski definition) is 1. The SMILES string of the molecule is CN1CCN(CCCCNC(=O)c2cccc(Cl)c2)CC1. The van der Waals surface area contributed by atoms with Crippen molar-refractivity contribution < 1.29 is 4.79 Å². The van der Waals surface area contributed by atoms with E-state index in [1.807, 2.05) is 0 Å². The zero-order valence-electron chi connectivity index (χ0n) is 12.6. The summed E-state index contributed by atoms with van der Waals surface area (Å²) in [4.78, 5) is 16.8. The van der Waals surface area contributed by atoms with E-state index in [1.54, 1.807) is 24.3 Å². The van der Waals surface area contributed by atoms with Gasteiger partial charge >= 0.3 is 0 Å². The molecule has 2 rings (SSSR count). The van der Waals surface area contributed by atoms with Gasteiger partial charge in [0.1, 0.15) is 0 Å². The van der Waals surface area contributed by atoms with Crippen molar-refractivity contribution in [3.05, 3.63) is 34.9 Å². The lowest BCUT2D eigenvalue weighted by atomic mass is 10.2. The number of carbonyl (C=O) groups is 1. The molecule has 0 radical (unpaired) electrons. The molecule has 116 valence electrons. The summed E-state index contributed by atoms with van der Waals surface area (Å²) >= 11 is 5.88. The number of nitrogens with one attached hydrogen (secondary N) is 1. The summed E-state index contributed by atoms with van der Waals surface area (Å²) in [7, 11) is 2.17. The molecular formula is C16H24ClN3O. The molecule has 4 nitrogen and oxygen atoms in total. The highest BCUT2D eigenvalue weighted by Gasteiger charge is 2.12. The highest BCUT2D eigenvalue weighted by molar-refractivity contribution is 6.30. The normalized spacial score (nSPS) is 16.9. The maximum Gasteiger partial charge on any atom is 0.251 e. The van der Waals surface area contributed by atoms with Crippen LogP contribution in [0, 0.1) is 0 Å². The molecule has 1 aromatic carbocycles. The number of likely N-dealkylation sites (N-methyl/N-ethyl adjacent to an activating group) is 1. The van der Waals surface area contributed by atoms with Gasteiger partial charge in [-0.2, -0.15) is 0 Å². The number of piperazine rings is 1. The Kier molecular flexibility index (Phi) is 6.49. The largest absolute Gasteiger partial charge is 0.352 e.